The zero-order valence-electron chi connectivity index (χ0n) is 15.2. The Morgan fingerprint density at radius 1 is 1.15 bits per heavy atom. The van der Waals surface area contributed by atoms with Crippen LogP contribution in [0.5, 0.6) is 0 Å². The van der Waals surface area contributed by atoms with Gasteiger partial charge in [-0.2, -0.15) is 0 Å². The molecule has 1 aromatic heterocycles. The lowest BCUT2D eigenvalue weighted by Gasteiger charge is -2.32. The van der Waals surface area contributed by atoms with Gasteiger partial charge in [-0.15, -0.1) is 0 Å². The van der Waals surface area contributed by atoms with Crippen LogP contribution in [0.25, 0.3) is 22.0 Å². The van der Waals surface area contributed by atoms with Crippen molar-refractivity contribution < 1.29 is 9.90 Å². The molecular weight excluding hydrogens is 362 g/mol. The van der Waals surface area contributed by atoms with Gasteiger partial charge in [0, 0.05) is 31.1 Å². The average Bonchev–Trinajstić information content (AvgIpc) is 2.75. The van der Waals surface area contributed by atoms with Crippen molar-refractivity contribution in [2.24, 2.45) is 5.92 Å². The Morgan fingerprint density at radius 3 is 2.67 bits per heavy atom. The van der Waals surface area contributed by atoms with Crippen molar-refractivity contribution in [1.82, 2.24) is 9.97 Å². The standard InChI is InChI=1S/C20H18ClN3O.CH4O/c21-16-8-6-15(7-9-16)17-4-1-5-18-19(17)20(23-13-22-18)24-10-2-3-14(11-24)12-25;1-2/h1,4-9,12-14H,2-3,10-11H2;2H,1H3. The maximum atomic E-state index is 11.2. The molecule has 1 unspecified atom stereocenters. The summed E-state index contributed by atoms with van der Waals surface area (Å²) in [6.45, 7) is 1.62. The van der Waals surface area contributed by atoms with Gasteiger partial charge in [0.25, 0.3) is 0 Å². The Kier molecular flexibility index (Phi) is 6.37. The molecule has 27 heavy (non-hydrogen) atoms. The summed E-state index contributed by atoms with van der Waals surface area (Å²) < 4.78 is 0. The molecule has 0 saturated carbocycles. The topological polar surface area (TPSA) is 66.3 Å². The molecule has 0 bridgehead atoms. The molecule has 4 rings (SSSR count). The Balaban J connectivity index is 0.00000102. The summed E-state index contributed by atoms with van der Waals surface area (Å²) >= 11 is 6.04. The molecule has 140 valence electrons. The van der Waals surface area contributed by atoms with E-state index in [0.717, 1.165) is 60.6 Å². The molecule has 1 atom stereocenters. The number of nitrogens with zero attached hydrogens (tertiary/aromatic N) is 3. The van der Waals surface area contributed by atoms with E-state index >= 15 is 0 Å². The van der Waals surface area contributed by atoms with Gasteiger partial charge in [-0.05, 0) is 42.2 Å². The fourth-order valence-corrected chi connectivity index (χ4v) is 3.64. The molecule has 1 saturated heterocycles. The third kappa shape index (κ3) is 4.10. The van der Waals surface area contributed by atoms with E-state index in [1.54, 1.807) is 6.33 Å². The van der Waals surface area contributed by atoms with Crippen LogP contribution < -0.4 is 4.90 Å². The number of piperidine rings is 1. The summed E-state index contributed by atoms with van der Waals surface area (Å²) in [5.41, 5.74) is 3.07. The van der Waals surface area contributed by atoms with E-state index in [-0.39, 0.29) is 5.92 Å². The third-order valence-corrected chi connectivity index (χ3v) is 5.00. The predicted octanol–water partition coefficient (Wildman–Crippen LogP) is 3.97. The predicted molar refractivity (Wildman–Crippen MR) is 109 cm³/mol. The highest BCUT2D eigenvalue weighted by atomic mass is 35.5. The molecular formula is C21H22ClN3O2. The number of carbonyl (C=O) groups is 1. The number of aldehydes is 1. The van der Waals surface area contributed by atoms with Gasteiger partial charge in [-0.25, -0.2) is 9.97 Å². The second-order valence-electron chi connectivity index (χ2n) is 6.39. The van der Waals surface area contributed by atoms with E-state index in [1.165, 1.54) is 0 Å². The minimum absolute atomic E-state index is 0.0708. The molecule has 2 aromatic carbocycles. The molecule has 2 heterocycles. The van der Waals surface area contributed by atoms with Crippen LogP contribution >= 0.6 is 11.6 Å². The molecule has 1 fully saturated rings. The van der Waals surface area contributed by atoms with E-state index in [4.69, 9.17) is 16.7 Å². The molecule has 1 aliphatic heterocycles. The summed E-state index contributed by atoms with van der Waals surface area (Å²) in [6, 6.07) is 13.9. The third-order valence-electron chi connectivity index (χ3n) is 4.75. The van der Waals surface area contributed by atoms with Gasteiger partial charge in [0.15, 0.2) is 0 Å². The molecule has 5 nitrogen and oxygen atoms in total. The van der Waals surface area contributed by atoms with Crippen molar-refractivity contribution in [3.8, 4) is 11.1 Å². The van der Waals surface area contributed by atoms with Gasteiger partial charge in [0.1, 0.15) is 18.4 Å². The highest BCUT2D eigenvalue weighted by Crippen LogP contribution is 2.35. The van der Waals surface area contributed by atoms with Crippen molar-refractivity contribution in [1.29, 1.82) is 0 Å². The van der Waals surface area contributed by atoms with E-state index in [0.29, 0.717) is 11.6 Å². The fourth-order valence-electron chi connectivity index (χ4n) is 3.52. The summed E-state index contributed by atoms with van der Waals surface area (Å²) in [4.78, 5) is 22.5. The van der Waals surface area contributed by atoms with E-state index in [1.807, 2.05) is 36.4 Å². The second-order valence-corrected chi connectivity index (χ2v) is 6.82. The van der Waals surface area contributed by atoms with Crippen LogP contribution in [-0.2, 0) is 4.79 Å². The van der Waals surface area contributed by atoms with Crippen molar-refractivity contribution >= 4 is 34.6 Å². The van der Waals surface area contributed by atoms with Gasteiger partial charge in [-0.3, -0.25) is 0 Å². The van der Waals surface area contributed by atoms with Gasteiger partial charge >= 0.3 is 0 Å². The first-order valence-corrected chi connectivity index (χ1v) is 9.28. The number of carbonyl (C=O) groups excluding carboxylic acids is 1. The number of benzene rings is 2. The lowest BCUT2D eigenvalue weighted by molar-refractivity contribution is -0.111. The molecule has 1 N–H and O–H groups in total. The van der Waals surface area contributed by atoms with Crippen LogP contribution in [0.1, 0.15) is 12.8 Å². The molecule has 0 spiro atoms. The highest BCUT2D eigenvalue weighted by Gasteiger charge is 2.23. The Bertz CT molecular complexity index is 910. The number of rotatable bonds is 3. The van der Waals surface area contributed by atoms with Gasteiger partial charge in [0.2, 0.25) is 0 Å². The molecule has 0 radical (unpaired) electrons. The van der Waals surface area contributed by atoms with Gasteiger partial charge in [0.05, 0.1) is 10.9 Å². The fraction of sp³-hybridized carbons (Fsp3) is 0.286. The quantitative estimate of drug-likeness (QED) is 0.693. The Morgan fingerprint density at radius 2 is 1.93 bits per heavy atom. The zero-order chi connectivity index (χ0) is 19.2. The van der Waals surface area contributed by atoms with Gasteiger partial charge < -0.3 is 14.8 Å². The van der Waals surface area contributed by atoms with E-state index < -0.39 is 0 Å². The first-order valence-electron chi connectivity index (χ1n) is 8.91. The van der Waals surface area contributed by atoms with Crippen LogP contribution in [0.15, 0.2) is 48.8 Å². The number of fused-ring (bicyclic) bond motifs is 1. The molecule has 0 amide bonds. The van der Waals surface area contributed by atoms with Crippen molar-refractivity contribution in [3.05, 3.63) is 53.8 Å². The first kappa shape index (κ1) is 19.3. The maximum Gasteiger partial charge on any atom is 0.140 e. The largest absolute Gasteiger partial charge is 0.400 e. The monoisotopic (exact) mass is 383 g/mol. The van der Waals surface area contributed by atoms with E-state index in [2.05, 4.69) is 20.9 Å². The average molecular weight is 384 g/mol. The molecule has 1 aliphatic rings. The number of aromatic nitrogens is 2. The number of hydrogen-bond donors (Lipinski definition) is 1. The van der Waals surface area contributed by atoms with Crippen molar-refractivity contribution in [3.63, 3.8) is 0 Å². The zero-order valence-corrected chi connectivity index (χ0v) is 15.9. The number of hydrogen-bond acceptors (Lipinski definition) is 5. The lowest BCUT2D eigenvalue weighted by Crippen LogP contribution is -2.36. The molecule has 6 heteroatoms. The normalized spacial score (nSPS) is 16.6. The second kappa shape index (κ2) is 8.93. The maximum absolute atomic E-state index is 11.2. The van der Waals surface area contributed by atoms with Gasteiger partial charge in [-0.1, -0.05) is 35.9 Å². The summed E-state index contributed by atoms with van der Waals surface area (Å²) in [7, 11) is 1.00. The summed E-state index contributed by atoms with van der Waals surface area (Å²) in [6.07, 6.45) is 4.62. The number of anilines is 1. The minimum atomic E-state index is 0.0708. The number of aliphatic hydroxyl groups is 1. The first-order chi connectivity index (χ1) is 13.3. The lowest BCUT2D eigenvalue weighted by atomic mass is 9.97. The summed E-state index contributed by atoms with van der Waals surface area (Å²) in [5, 5.41) is 8.74. The molecule has 0 aliphatic carbocycles. The Hall–Kier alpha value is -2.50. The SMILES string of the molecule is CO.O=CC1CCCN(c2ncnc3cccc(-c4ccc(Cl)cc4)c23)C1. The summed E-state index contributed by atoms with van der Waals surface area (Å²) in [5.74, 6) is 0.976. The van der Waals surface area contributed by atoms with Crippen LogP contribution in [0.3, 0.4) is 0 Å². The smallest absolute Gasteiger partial charge is 0.140 e. The number of halogens is 1. The van der Waals surface area contributed by atoms with Crippen LogP contribution in [0, 0.1) is 5.92 Å². The van der Waals surface area contributed by atoms with Crippen LogP contribution in [0.2, 0.25) is 5.02 Å². The highest BCUT2D eigenvalue weighted by molar-refractivity contribution is 6.30. The minimum Gasteiger partial charge on any atom is -0.400 e. The molecule has 3 aromatic rings. The van der Waals surface area contributed by atoms with Crippen LogP contribution in [0.4, 0.5) is 5.82 Å². The van der Waals surface area contributed by atoms with E-state index in [9.17, 15) is 4.79 Å². The van der Waals surface area contributed by atoms with Crippen molar-refractivity contribution in [2.75, 3.05) is 25.1 Å². The number of aliphatic hydroxyl groups excluding tert-OH is 1. The van der Waals surface area contributed by atoms with Crippen LogP contribution in [-0.4, -0.2) is 41.6 Å². The van der Waals surface area contributed by atoms with Crippen molar-refractivity contribution in [2.45, 2.75) is 12.8 Å². The Labute approximate surface area is 163 Å².